The molecule has 0 fully saturated rings. The van der Waals surface area contributed by atoms with Crippen LogP contribution in [0.4, 0.5) is 5.69 Å². The van der Waals surface area contributed by atoms with Crippen LogP contribution in [0, 0.1) is 13.8 Å². The lowest BCUT2D eigenvalue weighted by Gasteiger charge is -2.14. The zero-order valence-electron chi connectivity index (χ0n) is 18.0. The maximum absolute atomic E-state index is 13.4. The van der Waals surface area contributed by atoms with Crippen molar-refractivity contribution in [1.82, 2.24) is 9.13 Å². The van der Waals surface area contributed by atoms with Crippen LogP contribution in [0.25, 0.3) is 15.9 Å². The number of aromatic nitrogens is 2. The summed E-state index contributed by atoms with van der Waals surface area (Å²) in [6.07, 6.45) is 0. The van der Waals surface area contributed by atoms with Crippen LogP contribution in [0.1, 0.15) is 18.1 Å². The highest BCUT2D eigenvalue weighted by atomic mass is 32.1. The molecular weight excluding hydrogens is 426 g/mol. The summed E-state index contributed by atoms with van der Waals surface area (Å²) in [6.45, 7) is 5.98. The van der Waals surface area contributed by atoms with Crippen molar-refractivity contribution in [2.24, 2.45) is 0 Å². The minimum absolute atomic E-state index is 0.238. The second-order valence-corrected chi connectivity index (χ2v) is 8.31. The number of amides is 1. The summed E-state index contributed by atoms with van der Waals surface area (Å²) in [7, 11) is 0. The quantitative estimate of drug-likeness (QED) is 0.485. The van der Waals surface area contributed by atoms with Crippen LogP contribution in [0.3, 0.4) is 0 Å². The number of benzene rings is 2. The molecule has 164 valence electrons. The summed E-state index contributed by atoms with van der Waals surface area (Å²) in [5.41, 5.74) is 2.53. The fourth-order valence-corrected chi connectivity index (χ4v) is 4.34. The second-order valence-electron chi connectivity index (χ2n) is 7.39. The number of nitrogens with zero attached hydrogens (tertiary/aromatic N) is 2. The average molecular weight is 450 g/mol. The third kappa shape index (κ3) is 3.97. The van der Waals surface area contributed by atoms with Gasteiger partial charge in [0.05, 0.1) is 23.5 Å². The number of nitrogens with one attached hydrogen (secondary N) is 1. The van der Waals surface area contributed by atoms with Gasteiger partial charge < -0.3 is 10.1 Å². The van der Waals surface area contributed by atoms with E-state index in [4.69, 9.17) is 4.74 Å². The number of fused-ring (bicyclic) bond motifs is 1. The van der Waals surface area contributed by atoms with Gasteiger partial charge in [-0.15, -0.1) is 11.3 Å². The Morgan fingerprint density at radius 3 is 2.59 bits per heavy atom. The fourth-order valence-electron chi connectivity index (χ4n) is 3.52. The Bertz CT molecular complexity index is 1430. The monoisotopic (exact) mass is 449 g/mol. The summed E-state index contributed by atoms with van der Waals surface area (Å²) in [4.78, 5) is 39.4. The molecule has 2 aromatic carbocycles. The molecular formula is C24H23N3O4S. The molecule has 0 spiro atoms. The van der Waals surface area contributed by atoms with Crippen molar-refractivity contribution in [2.45, 2.75) is 27.3 Å². The van der Waals surface area contributed by atoms with E-state index in [1.54, 1.807) is 41.8 Å². The Balaban J connectivity index is 1.77. The first-order chi connectivity index (χ1) is 15.4. The minimum Gasteiger partial charge on any atom is -0.492 e. The lowest BCUT2D eigenvalue weighted by atomic mass is 10.1. The van der Waals surface area contributed by atoms with Gasteiger partial charge in [-0.2, -0.15) is 0 Å². The molecule has 0 saturated heterocycles. The van der Waals surface area contributed by atoms with Gasteiger partial charge in [-0.05, 0) is 67.6 Å². The normalized spacial score (nSPS) is 11.0. The number of hydrogen-bond donors (Lipinski definition) is 1. The number of para-hydroxylation sites is 2. The molecule has 0 bridgehead atoms. The smallest absolute Gasteiger partial charge is 0.336 e. The van der Waals surface area contributed by atoms with Crippen molar-refractivity contribution in [2.75, 3.05) is 11.9 Å². The Morgan fingerprint density at radius 1 is 1.06 bits per heavy atom. The Kier molecular flexibility index (Phi) is 5.96. The maximum atomic E-state index is 13.4. The van der Waals surface area contributed by atoms with Crippen molar-refractivity contribution < 1.29 is 9.53 Å². The Labute approximate surface area is 188 Å². The Morgan fingerprint density at radius 2 is 1.84 bits per heavy atom. The van der Waals surface area contributed by atoms with Crippen LogP contribution in [-0.4, -0.2) is 21.6 Å². The first-order valence-corrected chi connectivity index (χ1v) is 11.1. The molecule has 1 amide bonds. The average Bonchev–Trinajstić information content (AvgIpc) is 3.25. The maximum Gasteiger partial charge on any atom is 0.336 e. The van der Waals surface area contributed by atoms with E-state index in [-0.39, 0.29) is 12.1 Å². The summed E-state index contributed by atoms with van der Waals surface area (Å²) in [6, 6.07) is 14.2. The predicted octanol–water partition coefficient (Wildman–Crippen LogP) is 3.87. The van der Waals surface area contributed by atoms with Crippen molar-refractivity contribution in [3.8, 4) is 11.4 Å². The van der Waals surface area contributed by atoms with E-state index in [1.165, 1.54) is 15.9 Å². The van der Waals surface area contributed by atoms with Gasteiger partial charge in [0.2, 0.25) is 5.91 Å². The van der Waals surface area contributed by atoms with E-state index in [1.807, 2.05) is 32.9 Å². The number of hydrogen-bond acceptors (Lipinski definition) is 5. The number of aryl methyl sites for hydroxylation is 2. The number of anilines is 1. The van der Waals surface area contributed by atoms with E-state index >= 15 is 0 Å². The molecule has 2 aromatic heterocycles. The van der Waals surface area contributed by atoms with Gasteiger partial charge >= 0.3 is 5.69 Å². The largest absolute Gasteiger partial charge is 0.492 e. The molecule has 0 aliphatic heterocycles. The molecule has 2 heterocycles. The molecule has 4 aromatic rings. The van der Waals surface area contributed by atoms with Gasteiger partial charge in [-0.1, -0.05) is 18.2 Å². The minimum atomic E-state index is -0.558. The van der Waals surface area contributed by atoms with E-state index in [9.17, 15) is 14.4 Å². The molecule has 32 heavy (non-hydrogen) atoms. The number of ether oxygens (including phenoxy) is 1. The van der Waals surface area contributed by atoms with E-state index in [2.05, 4.69) is 5.32 Å². The first-order valence-electron chi connectivity index (χ1n) is 10.2. The number of thiophene rings is 1. The number of rotatable bonds is 6. The van der Waals surface area contributed by atoms with Crippen molar-refractivity contribution in [1.29, 1.82) is 0 Å². The fraction of sp³-hybridized carbons (Fsp3) is 0.208. The molecule has 1 N–H and O–H groups in total. The van der Waals surface area contributed by atoms with Gasteiger partial charge in [0.25, 0.3) is 5.56 Å². The van der Waals surface area contributed by atoms with Gasteiger partial charge in [0.1, 0.15) is 17.0 Å². The summed E-state index contributed by atoms with van der Waals surface area (Å²) in [5, 5.41) is 4.56. The molecule has 0 unspecified atom stereocenters. The standard InChI is InChI=1S/C24H23N3O4S/c1-4-31-20-8-6-5-7-18(20)25-21(28)14-26-19-11-12-32-22(19)23(29)27(24(26)30)17-10-9-15(2)16(3)13-17/h5-13H,4,14H2,1-3H3,(H,25,28). The summed E-state index contributed by atoms with van der Waals surface area (Å²) in [5.74, 6) is 0.161. The molecule has 4 rings (SSSR count). The Hall–Kier alpha value is -3.65. The van der Waals surface area contributed by atoms with E-state index in [0.717, 1.165) is 15.7 Å². The number of carbonyl (C=O) groups excluding carboxylic acids is 1. The topological polar surface area (TPSA) is 82.3 Å². The van der Waals surface area contributed by atoms with Crippen LogP contribution in [0.5, 0.6) is 5.75 Å². The second kappa shape index (κ2) is 8.84. The zero-order valence-corrected chi connectivity index (χ0v) is 18.9. The molecule has 8 heteroatoms. The van der Waals surface area contributed by atoms with Gasteiger partial charge in [-0.25, -0.2) is 9.36 Å². The van der Waals surface area contributed by atoms with Crippen molar-refractivity contribution in [3.63, 3.8) is 0 Å². The lowest BCUT2D eigenvalue weighted by Crippen LogP contribution is -2.40. The third-order valence-corrected chi connectivity index (χ3v) is 6.16. The predicted molar refractivity (Wildman–Crippen MR) is 127 cm³/mol. The van der Waals surface area contributed by atoms with Crippen LogP contribution in [0.2, 0.25) is 0 Å². The first kappa shape index (κ1) is 21.6. The van der Waals surface area contributed by atoms with Gasteiger partial charge in [0.15, 0.2) is 0 Å². The highest BCUT2D eigenvalue weighted by molar-refractivity contribution is 7.17. The third-order valence-electron chi connectivity index (χ3n) is 5.27. The molecule has 7 nitrogen and oxygen atoms in total. The van der Waals surface area contributed by atoms with Gasteiger partial charge in [0, 0.05) is 0 Å². The van der Waals surface area contributed by atoms with Crippen LogP contribution in [0.15, 0.2) is 63.5 Å². The highest BCUT2D eigenvalue weighted by Gasteiger charge is 2.18. The summed E-state index contributed by atoms with van der Waals surface area (Å²) < 4.78 is 8.44. The molecule has 0 radical (unpaired) electrons. The molecule has 0 aliphatic rings. The van der Waals surface area contributed by atoms with E-state index < -0.39 is 11.6 Å². The molecule has 0 atom stereocenters. The zero-order chi connectivity index (χ0) is 22.8. The highest BCUT2D eigenvalue weighted by Crippen LogP contribution is 2.24. The molecule has 0 aliphatic carbocycles. The van der Waals surface area contributed by atoms with Crippen LogP contribution >= 0.6 is 11.3 Å². The van der Waals surface area contributed by atoms with Crippen LogP contribution < -0.4 is 21.3 Å². The summed E-state index contributed by atoms with van der Waals surface area (Å²) >= 11 is 1.25. The number of carbonyl (C=O) groups is 1. The van der Waals surface area contributed by atoms with E-state index in [0.29, 0.717) is 33.9 Å². The lowest BCUT2D eigenvalue weighted by molar-refractivity contribution is -0.116. The SMILES string of the molecule is CCOc1ccccc1NC(=O)Cn1c(=O)n(-c2ccc(C)c(C)c2)c(=O)c2sccc21. The van der Waals surface area contributed by atoms with Crippen molar-refractivity contribution in [3.05, 3.63) is 85.9 Å². The van der Waals surface area contributed by atoms with Crippen molar-refractivity contribution >= 4 is 33.1 Å². The molecule has 0 saturated carbocycles. The van der Waals surface area contributed by atoms with Crippen LogP contribution in [-0.2, 0) is 11.3 Å². The van der Waals surface area contributed by atoms with Gasteiger partial charge in [-0.3, -0.25) is 14.2 Å².